The predicted molar refractivity (Wildman–Crippen MR) is 54.7 cm³/mol. The first kappa shape index (κ1) is 12.6. The molecule has 2 N–H and O–H groups in total. The van der Waals surface area contributed by atoms with Gasteiger partial charge in [0.25, 0.3) is 6.47 Å². The van der Waals surface area contributed by atoms with Crippen LogP contribution in [0.4, 0.5) is 0 Å². The number of hydrogen-bond acceptors (Lipinski definition) is 5. The Labute approximate surface area is 87.6 Å². The van der Waals surface area contributed by atoms with E-state index in [2.05, 4.69) is 17.4 Å². The Balaban J connectivity index is 0.000000292. The molecular formula is C9H12O4S. The van der Waals surface area contributed by atoms with E-state index in [0.717, 1.165) is 0 Å². The molecule has 1 rings (SSSR count). The maximum atomic E-state index is 9.18. The SMILES string of the molecule is CCOC=O.Oc1cc(O)cc(S)c1. The molecule has 0 aromatic heterocycles. The van der Waals surface area contributed by atoms with Crippen LogP contribution in [-0.4, -0.2) is 23.3 Å². The Morgan fingerprint density at radius 2 is 1.86 bits per heavy atom. The van der Waals surface area contributed by atoms with Crippen LogP contribution in [0.5, 0.6) is 11.5 Å². The number of aromatic hydroxyl groups is 2. The third kappa shape index (κ3) is 6.19. The van der Waals surface area contributed by atoms with Gasteiger partial charge in [0.05, 0.1) is 6.61 Å². The van der Waals surface area contributed by atoms with E-state index in [1.54, 1.807) is 6.92 Å². The zero-order chi connectivity index (χ0) is 11.0. The van der Waals surface area contributed by atoms with E-state index >= 15 is 0 Å². The van der Waals surface area contributed by atoms with Crippen molar-refractivity contribution in [2.24, 2.45) is 0 Å². The van der Waals surface area contributed by atoms with Crippen molar-refractivity contribution >= 4 is 19.1 Å². The molecule has 0 amide bonds. The molecule has 0 radical (unpaired) electrons. The second kappa shape index (κ2) is 7.08. The molecular weight excluding hydrogens is 204 g/mol. The molecule has 14 heavy (non-hydrogen) atoms. The Morgan fingerprint density at radius 1 is 1.36 bits per heavy atom. The van der Waals surface area contributed by atoms with Crippen molar-refractivity contribution in [2.75, 3.05) is 6.61 Å². The average Bonchev–Trinajstić information content (AvgIpc) is 2.03. The summed E-state index contributed by atoms with van der Waals surface area (Å²) in [6, 6.07) is 4.14. The Kier molecular flexibility index (Phi) is 6.39. The monoisotopic (exact) mass is 216 g/mol. The first-order valence-corrected chi connectivity index (χ1v) is 4.32. The minimum Gasteiger partial charge on any atom is -0.508 e. The quantitative estimate of drug-likeness (QED) is 0.518. The van der Waals surface area contributed by atoms with Crippen LogP contribution < -0.4 is 0 Å². The van der Waals surface area contributed by atoms with Crippen molar-refractivity contribution in [2.45, 2.75) is 11.8 Å². The van der Waals surface area contributed by atoms with Crippen LogP contribution in [0.25, 0.3) is 0 Å². The van der Waals surface area contributed by atoms with Gasteiger partial charge in [0.1, 0.15) is 11.5 Å². The van der Waals surface area contributed by atoms with Gasteiger partial charge in [-0.25, -0.2) is 0 Å². The lowest BCUT2D eigenvalue weighted by molar-refractivity contribution is -0.128. The Morgan fingerprint density at radius 3 is 2.07 bits per heavy atom. The van der Waals surface area contributed by atoms with Crippen LogP contribution in [-0.2, 0) is 9.53 Å². The van der Waals surface area contributed by atoms with E-state index in [1.165, 1.54) is 18.2 Å². The largest absolute Gasteiger partial charge is 0.508 e. The van der Waals surface area contributed by atoms with Gasteiger partial charge < -0.3 is 14.9 Å². The van der Waals surface area contributed by atoms with Crippen molar-refractivity contribution in [1.82, 2.24) is 0 Å². The minimum absolute atomic E-state index is 0.0278. The Bertz CT molecular complexity index is 238. The maximum Gasteiger partial charge on any atom is 0.293 e. The van der Waals surface area contributed by atoms with Gasteiger partial charge in [-0.05, 0) is 19.1 Å². The summed E-state index contributed by atoms with van der Waals surface area (Å²) in [6.07, 6.45) is 0. The minimum atomic E-state index is 0.0278. The molecule has 0 saturated carbocycles. The molecule has 0 spiro atoms. The van der Waals surface area contributed by atoms with Crippen LogP contribution in [0.2, 0.25) is 0 Å². The standard InChI is InChI=1S/C6H6O2S.C3H6O2/c7-4-1-5(8)3-6(9)2-4;1-2-5-3-4/h1-3,7-9H;3H,2H2,1H3. The zero-order valence-electron chi connectivity index (χ0n) is 7.67. The highest BCUT2D eigenvalue weighted by Gasteiger charge is 1.92. The third-order valence-electron chi connectivity index (χ3n) is 1.12. The fraction of sp³-hybridized carbons (Fsp3) is 0.222. The van der Waals surface area contributed by atoms with E-state index in [-0.39, 0.29) is 11.5 Å². The highest BCUT2D eigenvalue weighted by atomic mass is 32.1. The molecule has 1 aromatic carbocycles. The lowest BCUT2D eigenvalue weighted by atomic mass is 10.3. The summed E-state index contributed by atoms with van der Waals surface area (Å²) in [7, 11) is 0. The van der Waals surface area contributed by atoms with Gasteiger partial charge >= 0.3 is 0 Å². The summed E-state index contributed by atoms with van der Waals surface area (Å²) < 4.78 is 4.15. The van der Waals surface area contributed by atoms with Gasteiger partial charge in [-0.3, -0.25) is 4.79 Å². The van der Waals surface area contributed by atoms with Gasteiger partial charge in [0.15, 0.2) is 0 Å². The van der Waals surface area contributed by atoms with Crippen molar-refractivity contribution in [3.05, 3.63) is 18.2 Å². The summed E-state index contributed by atoms with van der Waals surface area (Å²) in [4.78, 5) is 9.73. The zero-order valence-corrected chi connectivity index (χ0v) is 8.57. The topological polar surface area (TPSA) is 66.8 Å². The molecule has 0 saturated heterocycles. The van der Waals surface area contributed by atoms with Gasteiger partial charge in [-0.2, -0.15) is 0 Å². The number of rotatable bonds is 2. The summed E-state index contributed by atoms with van der Waals surface area (Å²) in [5.74, 6) is 0.0556. The number of hydrogen-bond donors (Lipinski definition) is 3. The van der Waals surface area contributed by atoms with Gasteiger partial charge in [0.2, 0.25) is 0 Å². The Hall–Kier alpha value is -1.36. The lowest BCUT2D eigenvalue weighted by Crippen LogP contribution is -1.80. The van der Waals surface area contributed by atoms with Crippen LogP contribution in [0.1, 0.15) is 6.92 Å². The maximum absolute atomic E-state index is 9.18. The number of phenolic OH excluding ortho intramolecular Hbond substituents is 2. The van der Waals surface area contributed by atoms with Crippen molar-refractivity contribution in [1.29, 1.82) is 0 Å². The first-order chi connectivity index (χ1) is 6.60. The second-order valence-corrected chi connectivity index (χ2v) is 2.78. The number of carbonyl (C=O) groups excluding carboxylic acids is 1. The van der Waals surface area contributed by atoms with Crippen LogP contribution >= 0.6 is 12.6 Å². The van der Waals surface area contributed by atoms with Gasteiger partial charge in [0, 0.05) is 11.0 Å². The molecule has 0 heterocycles. The van der Waals surface area contributed by atoms with Crippen LogP contribution in [0.3, 0.4) is 0 Å². The molecule has 5 heteroatoms. The van der Waals surface area contributed by atoms with Crippen molar-refractivity contribution in [3.8, 4) is 11.5 Å². The fourth-order valence-electron chi connectivity index (χ4n) is 0.648. The highest BCUT2D eigenvalue weighted by molar-refractivity contribution is 7.80. The number of carbonyl (C=O) groups is 1. The van der Waals surface area contributed by atoms with Crippen LogP contribution in [0.15, 0.2) is 23.1 Å². The smallest absolute Gasteiger partial charge is 0.293 e. The molecule has 0 aliphatic rings. The summed E-state index contributed by atoms with van der Waals surface area (Å²) in [5, 5.41) is 17.6. The molecule has 0 aliphatic carbocycles. The van der Waals surface area contributed by atoms with Crippen molar-refractivity contribution in [3.63, 3.8) is 0 Å². The number of phenols is 2. The van der Waals surface area contributed by atoms with E-state index in [1.807, 2.05) is 0 Å². The second-order valence-electron chi connectivity index (χ2n) is 2.26. The lowest BCUT2D eigenvalue weighted by Gasteiger charge is -1.94. The fourth-order valence-corrected chi connectivity index (χ4v) is 0.912. The van der Waals surface area contributed by atoms with Gasteiger partial charge in [-0.15, -0.1) is 12.6 Å². The molecule has 0 unspecified atom stereocenters. The van der Waals surface area contributed by atoms with Gasteiger partial charge in [-0.1, -0.05) is 0 Å². The molecule has 4 nitrogen and oxygen atoms in total. The summed E-state index contributed by atoms with van der Waals surface area (Å²) >= 11 is 3.90. The molecule has 0 fully saturated rings. The predicted octanol–water partition coefficient (Wildman–Crippen LogP) is 1.57. The molecule has 0 aliphatic heterocycles. The van der Waals surface area contributed by atoms with E-state index in [4.69, 9.17) is 10.2 Å². The van der Waals surface area contributed by atoms with E-state index in [9.17, 15) is 4.79 Å². The van der Waals surface area contributed by atoms with E-state index in [0.29, 0.717) is 18.0 Å². The van der Waals surface area contributed by atoms with Crippen molar-refractivity contribution < 1.29 is 19.7 Å². The highest BCUT2D eigenvalue weighted by Crippen LogP contribution is 2.21. The molecule has 78 valence electrons. The number of benzene rings is 1. The van der Waals surface area contributed by atoms with Crippen LogP contribution in [0, 0.1) is 0 Å². The molecule has 1 aromatic rings. The molecule has 0 atom stereocenters. The molecule has 0 bridgehead atoms. The normalized spacial score (nSPS) is 8.43. The summed E-state index contributed by atoms with van der Waals surface area (Å²) in [6.45, 7) is 2.66. The number of ether oxygens (including phenoxy) is 1. The average molecular weight is 216 g/mol. The first-order valence-electron chi connectivity index (χ1n) is 3.87. The van der Waals surface area contributed by atoms with E-state index < -0.39 is 0 Å². The number of thiol groups is 1. The summed E-state index contributed by atoms with van der Waals surface area (Å²) in [5.41, 5.74) is 0. The third-order valence-corrected chi connectivity index (χ3v) is 1.38.